The SMILES string of the molecule is O=C(NCc1cc[nH]c1)c1cc(F)cc([N+](=O)[O-])c1. The molecule has 1 aromatic carbocycles. The number of aromatic amines is 1. The highest BCUT2D eigenvalue weighted by Crippen LogP contribution is 2.16. The Kier molecular flexibility index (Phi) is 3.56. The van der Waals surface area contributed by atoms with E-state index < -0.39 is 22.3 Å². The van der Waals surface area contributed by atoms with Gasteiger partial charge in [-0.3, -0.25) is 14.9 Å². The van der Waals surface area contributed by atoms with E-state index in [0.29, 0.717) is 0 Å². The van der Waals surface area contributed by atoms with E-state index in [1.807, 2.05) is 0 Å². The number of nitrogens with zero attached hydrogens (tertiary/aromatic N) is 1. The third-order valence-electron chi connectivity index (χ3n) is 2.47. The molecule has 0 unspecified atom stereocenters. The van der Waals surface area contributed by atoms with E-state index in [1.54, 1.807) is 18.5 Å². The third kappa shape index (κ3) is 3.15. The van der Waals surface area contributed by atoms with Crippen LogP contribution in [0.2, 0.25) is 0 Å². The summed E-state index contributed by atoms with van der Waals surface area (Å²) in [5.74, 6) is -1.38. The number of halogens is 1. The zero-order valence-corrected chi connectivity index (χ0v) is 9.72. The van der Waals surface area contributed by atoms with E-state index in [-0.39, 0.29) is 12.1 Å². The smallest absolute Gasteiger partial charge is 0.273 e. The summed E-state index contributed by atoms with van der Waals surface area (Å²) in [6, 6.07) is 4.53. The minimum absolute atomic E-state index is 0.0813. The number of nitro groups is 1. The number of rotatable bonds is 4. The first-order valence-electron chi connectivity index (χ1n) is 5.41. The lowest BCUT2D eigenvalue weighted by atomic mass is 10.2. The van der Waals surface area contributed by atoms with Gasteiger partial charge in [0.1, 0.15) is 5.82 Å². The maximum absolute atomic E-state index is 13.2. The van der Waals surface area contributed by atoms with Crippen LogP contribution < -0.4 is 5.32 Å². The summed E-state index contributed by atoms with van der Waals surface area (Å²) in [5, 5.41) is 13.1. The molecule has 0 radical (unpaired) electrons. The van der Waals surface area contributed by atoms with Crippen LogP contribution in [-0.2, 0) is 6.54 Å². The third-order valence-corrected chi connectivity index (χ3v) is 2.47. The molecule has 0 atom stereocenters. The molecule has 0 saturated heterocycles. The summed E-state index contributed by atoms with van der Waals surface area (Å²) in [7, 11) is 0. The van der Waals surface area contributed by atoms with Crippen LogP contribution in [0.5, 0.6) is 0 Å². The van der Waals surface area contributed by atoms with Crippen molar-refractivity contribution in [2.24, 2.45) is 0 Å². The number of H-pyrrole nitrogens is 1. The van der Waals surface area contributed by atoms with Crippen molar-refractivity contribution in [2.75, 3.05) is 0 Å². The summed E-state index contributed by atoms with van der Waals surface area (Å²) < 4.78 is 13.2. The molecule has 1 amide bonds. The van der Waals surface area contributed by atoms with Gasteiger partial charge in [0.2, 0.25) is 0 Å². The Balaban J connectivity index is 2.12. The van der Waals surface area contributed by atoms with Crippen LogP contribution in [0.25, 0.3) is 0 Å². The first kappa shape index (κ1) is 12.7. The molecule has 2 aromatic rings. The minimum Gasteiger partial charge on any atom is -0.367 e. The number of nitro benzene ring substituents is 1. The molecule has 2 rings (SSSR count). The first-order chi connectivity index (χ1) is 9.06. The van der Waals surface area contributed by atoms with Gasteiger partial charge in [-0.15, -0.1) is 0 Å². The minimum atomic E-state index is -0.819. The van der Waals surface area contributed by atoms with Crippen LogP contribution in [0.15, 0.2) is 36.7 Å². The Morgan fingerprint density at radius 3 is 2.84 bits per heavy atom. The van der Waals surface area contributed by atoms with Gasteiger partial charge in [-0.25, -0.2) is 4.39 Å². The Morgan fingerprint density at radius 1 is 1.42 bits per heavy atom. The summed E-state index contributed by atoms with van der Waals surface area (Å²) in [5.41, 5.74) is 0.313. The zero-order chi connectivity index (χ0) is 13.8. The molecule has 0 aliphatic carbocycles. The number of hydrogen-bond acceptors (Lipinski definition) is 3. The van der Waals surface area contributed by atoms with Crippen molar-refractivity contribution in [1.29, 1.82) is 0 Å². The molecule has 19 heavy (non-hydrogen) atoms. The largest absolute Gasteiger partial charge is 0.367 e. The Labute approximate surface area is 107 Å². The monoisotopic (exact) mass is 263 g/mol. The van der Waals surface area contributed by atoms with Gasteiger partial charge in [0, 0.05) is 30.6 Å². The van der Waals surface area contributed by atoms with Crippen molar-refractivity contribution in [1.82, 2.24) is 10.3 Å². The topological polar surface area (TPSA) is 88.0 Å². The van der Waals surface area contributed by atoms with Gasteiger partial charge in [0.15, 0.2) is 0 Å². The van der Waals surface area contributed by atoms with Crippen LogP contribution in [0, 0.1) is 15.9 Å². The van der Waals surface area contributed by atoms with Crippen molar-refractivity contribution in [3.05, 3.63) is 63.7 Å². The van der Waals surface area contributed by atoms with Crippen LogP contribution in [0.1, 0.15) is 15.9 Å². The fourth-order valence-corrected chi connectivity index (χ4v) is 1.56. The number of hydrogen-bond donors (Lipinski definition) is 2. The van der Waals surface area contributed by atoms with Crippen molar-refractivity contribution in [2.45, 2.75) is 6.54 Å². The molecule has 7 heteroatoms. The number of carbonyl (C=O) groups is 1. The molecule has 0 aliphatic heterocycles. The van der Waals surface area contributed by atoms with E-state index in [1.165, 1.54) is 0 Å². The Hall–Kier alpha value is -2.70. The van der Waals surface area contributed by atoms with Gasteiger partial charge in [-0.1, -0.05) is 0 Å². The lowest BCUT2D eigenvalue weighted by Gasteiger charge is -2.04. The molecule has 1 heterocycles. The molecular formula is C12H10FN3O3. The molecule has 1 aromatic heterocycles. The van der Waals surface area contributed by atoms with Gasteiger partial charge in [0.25, 0.3) is 11.6 Å². The Bertz CT molecular complexity index is 611. The van der Waals surface area contributed by atoms with Gasteiger partial charge in [-0.2, -0.15) is 0 Å². The quantitative estimate of drug-likeness (QED) is 0.653. The number of nitrogens with one attached hydrogen (secondary N) is 2. The average Bonchev–Trinajstić information content (AvgIpc) is 2.88. The second-order valence-corrected chi connectivity index (χ2v) is 3.86. The normalized spacial score (nSPS) is 10.2. The van der Waals surface area contributed by atoms with Crippen molar-refractivity contribution >= 4 is 11.6 Å². The van der Waals surface area contributed by atoms with Gasteiger partial charge < -0.3 is 10.3 Å². The van der Waals surface area contributed by atoms with Crippen LogP contribution in [0.3, 0.4) is 0 Å². The van der Waals surface area contributed by atoms with Gasteiger partial charge in [0.05, 0.1) is 11.0 Å². The lowest BCUT2D eigenvalue weighted by molar-refractivity contribution is -0.385. The van der Waals surface area contributed by atoms with Crippen LogP contribution >= 0.6 is 0 Å². The highest BCUT2D eigenvalue weighted by atomic mass is 19.1. The van der Waals surface area contributed by atoms with Gasteiger partial charge >= 0.3 is 0 Å². The van der Waals surface area contributed by atoms with Crippen LogP contribution in [-0.4, -0.2) is 15.8 Å². The maximum atomic E-state index is 13.2. The number of benzene rings is 1. The predicted molar refractivity (Wildman–Crippen MR) is 65.0 cm³/mol. The van der Waals surface area contributed by atoms with E-state index in [2.05, 4.69) is 10.3 Å². The summed E-state index contributed by atoms with van der Waals surface area (Å²) >= 11 is 0. The first-order valence-corrected chi connectivity index (χ1v) is 5.41. The number of non-ortho nitro benzene ring substituents is 1. The maximum Gasteiger partial charge on any atom is 0.273 e. The second-order valence-electron chi connectivity index (χ2n) is 3.86. The fraction of sp³-hybridized carbons (Fsp3) is 0.0833. The summed E-state index contributed by atoms with van der Waals surface area (Å²) in [4.78, 5) is 24.4. The van der Waals surface area contributed by atoms with E-state index in [9.17, 15) is 19.3 Å². The summed E-state index contributed by atoms with van der Waals surface area (Å²) in [6.45, 7) is 0.257. The predicted octanol–water partition coefficient (Wildman–Crippen LogP) is 1.99. The molecule has 98 valence electrons. The van der Waals surface area contributed by atoms with E-state index >= 15 is 0 Å². The summed E-state index contributed by atoms with van der Waals surface area (Å²) in [6.07, 6.45) is 3.41. The zero-order valence-electron chi connectivity index (χ0n) is 9.72. The highest BCUT2D eigenvalue weighted by molar-refractivity contribution is 5.94. The number of carbonyl (C=O) groups excluding carboxylic acids is 1. The highest BCUT2D eigenvalue weighted by Gasteiger charge is 2.14. The van der Waals surface area contributed by atoms with Crippen molar-refractivity contribution in [3.63, 3.8) is 0 Å². The Morgan fingerprint density at radius 2 is 2.21 bits per heavy atom. The lowest BCUT2D eigenvalue weighted by Crippen LogP contribution is -2.22. The van der Waals surface area contributed by atoms with Crippen molar-refractivity contribution in [3.8, 4) is 0 Å². The van der Waals surface area contributed by atoms with E-state index in [0.717, 1.165) is 23.8 Å². The fourth-order valence-electron chi connectivity index (χ4n) is 1.56. The van der Waals surface area contributed by atoms with Gasteiger partial charge in [-0.05, 0) is 17.7 Å². The molecular weight excluding hydrogens is 253 g/mol. The standard InChI is InChI=1S/C12H10FN3O3/c13-10-3-9(4-11(5-10)16(18)19)12(17)15-7-8-1-2-14-6-8/h1-6,14H,7H2,(H,15,17). The molecule has 0 spiro atoms. The molecule has 0 fully saturated rings. The average molecular weight is 263 g/mol. The van der Waals surface area contributed by atoms with Crippen LogP contribution in [0.4, 0.5) is 10.1 Å². The molecule has 0 aliphatic rings. The molecule has 0 bridgehead atoms. The molecule has 2 N–H and O–H groups in total. The molecule has 0 saturated carbocycles. The number of amides is 1. The molecule has 6 nitrogen and oxygen atoms in total. The number of aromatic nitrogens is 1. The van der Waals surface area contributed by atoms with E-state index in [4.69, 9.17) is 0 Å². The van der Waals surface area contributed by atoms with Crippen molar-refractivity contribution < 1.29 is 14.1 Å². The second kappa shape index (κ2) is 5.30.